The Labute approximate surface area is 82.8 Å². The van der Waals surface area contributed by atoms with Crippen molar-refractivity contribution in [3.8, 4) is 5.75 Å². The summed E-state index contributed by atoms with van der Waals surface area (Å²) in [5.74, 6) is 0.429. The second-order valence-corrected chi connectivity index (χ2v) is 3.61. The zero-order chi connectivity index (χ0) is 9.97. The molecule has 1 aromatic carbocycles. The van der Waals surface area contributed by atoms with Gasteiger partial charge < -0.3 is 10.4 Å². The molecule has 1 fully saturated rings. The lowest BCUT2D eigenvalue weighted by Gasteiger charge is -2.26. The zero-order valence-corrected chi connectivity index (χ0v) is 7.86. The van der Waals surface area contributed by atoms with Gasteiger partial charge in [-0.1, -0.05) is 12.1 Å². The van der Waals surface area contributed by atoms with Crippen molar-refractivity contribution in [2.24, 2.45) is 0 Å². The molecule has 1 aliphatic rings. The summed E-state index contributed by atoms with van der Waals surface area (Å²) in [4.78, 5) is 11.6. The van der Waals surface area contributed by atoms with Gasteiger partial charge in [-0.3, -0.25) is 4.79 Å². The van der Waals surface area contributed by atoms with Gasteiger partial charge in [0.05, 0.1) is 6.04 Å². The number of Topliss-reactive ketones (excluding diaryl/α,β-unsaturated/α-hetero) is 1. The Balaban J connectivity index is 1.99. The van der Waals surface area contributed by atoms with Gasteiger partial charge in [-0.15, -0.1) is 0 Å². The van der Waals surface area contributed by atoms with Crippen molar-refractivity contribution >= 4 is 5.78 Å². The Bertz CT molecular complexity index is 345. The number of hydrogen-bond acceptors (Lipinski definition) is 3. The third-order valence-electron chi connectivity index (χ3n) is 2.50. The van der Waals surface area contributed by atoms with E-state index in [1.165, 1.54) is 0 Å². The minimum absolute atomic E-state index is 0.0392. The van der Waals surface area contributed by atoms with Gasteiger partial charge in [-0.25, -0.2) is 0 Å². The number of carbonyl (C=O) groups excluding carboxylic acids is 1. The van der Waals surface area contributed by atoms with Crippen LogP contribution in [0.4, 0.5) is 0 Å². The molecule has 3 heteroatoms. The van der Waals surface area contributed by atoms with E-state index >= 15 is 0 Å². The molecule has 1 heterocycles. The highest BCUT2D eigenvalue weighted by Crippen LogP contribution is 2.13. The van der Waals surface area contributed by atoms with Gasteiger partial charge in [0.15, 0.2) is 5.78 Å². The number of ketones is 1. The average Bonchev–Trinajstić information content (AvgIpc) is 1.99. The summed E-state index contributed by atoms with van der Waals surface area (Å²) in [6.07, 6.45) is 1.35. The third kappa shape index (κ3) is 1.93. The molecule has 14 heavy (non-hydrogen) atoms. The summed E-state index contributed by atoms with van der Waals surface area (Å²) in [7, 11) is 0. The minimum Gasteiger partial charge on any atom is -0.508 e. The van der Waals surface area contributed by atoms with E-state index in [0.717, 1.165) is 18.5 Å². The molecule has 2 N–H and O–H groups in total. The molecule has 0 spiro atoms. The number of rotatable bonds is 3. The van der Waals surface area contributed by atoms with Gasteiger partial charge in [0.25, 0.3) is 0 Å². The van der Waals surface area contributed by atoms with Crippen LogP contribution < -0.4 is 5.32 Å². The molecule has 0 bridgehead atoms. The molecule has 0 amide bonds. The van der Waals surface area contributed by atoms with Crippen molar-refractivity contribution < 1.29 is 9.90 Å². The van der Waals surface area contributed by atoms with Gasteiger partial charge >= 0.3 is 0 Å². The number of carbonyl (C=O) groups is 1. The van der Waals surface area contributed by atoms with Crippen LogP contribution in [0.2, 0.25) is 0 Å². The minimum atomic E-state index is 0.0392. The molecular formula is C11H13NO2. The van der Waals surface area contributed by atoms with Crippen LogP contribution in [0.1, 0.15) is 12.0 Å². The van der Waals surface area contributed by atoms with Crippen LogP contribution in [0, 0.1) is 0 Å². The highest BCUT2D eigenvalue weighted by Gasteiger charge is 2.23. The van der Waals surface area contributed by atoms with Crippen molar-refractivity contribution in [1.82, 2.24) is 5.32 Å². The van der Waals surface area contributed by atoms with Crippen molar-refractivity contribution in [2.45, 2.75) is 18.9 Å². The molecule has 1 aromatic rings. The van der Waals surface area contributed by atoms with Gasteiger partial charge in [0.1, 0.15) is 5.75 Å². The summed E-state index contributed by atoms with van der Waals surface area (Å²) in [5.41, 5.74) is 0.878. The maximum absolute atomic E-state index is 11.6. The summed E-state index contributed by atoms with van der Waals surface area (Å²) in [6.45, 7) is 0.941. The molecule has 74 valence electrons. The SMILES string of the molecule is O=C(Cc1cccc(O)c1)C1CCN1. The normalized spacial score (nSPS) is 20.1. The Kier molecular flexibility index (Phi) is 2.50. The van der Waals surface area contributed by atoms with Crippen molar-refractivity contribution in [3.63, 3.8) is 0 Å². The highest BCUT2D eigenvalue weighted by molar-refractivity contribution is 5.86. The van der Waals surface area contributed by atoms with E-state index in [2.05, 4.69) is 5.32 Å². The van der Waals surface area contributed by atoms with E-state index in [9.17, 15) is 9.90 Å². The number of hydrogen-bond donors (Lipinski definition) is 2. The lowest BCUT2D eigenvalue weighted by atomic mass is 9.97. The first-order valence-electron chi connectivity index (χ1n) is 4.80. The summed E-state index contributed by atoms with van der Waals surface area (Å²) in [5, 5.41) is 12.3. The fraction of sp³-hybridized carbons (Fsp3) is 0.364. The Morgan fingerprint density at radius 1 is 1.57 bits per heavy atom. The molecule has 1 atom stereocenters. The first-order valence-corrected chi connectivity index (χ1v) is 4.80. The first-order chi connectivity index (χ1) is 6.75. The average molecular weight is 191 g/mol. The van der Waals surface area contributed by atoms with E-state index in [4.69, 9.17) is 0 Å². The van der Waals surface area contributed by atoms with Crippen molar-refractivity contribution in [3.05, 3.63) is 29.8 Å². The number of phenols is 1. The lowest BCUT2D eigenvalue weighted by molar-refractivity contribution is -0.121. The standard InChI is InChI=1S/C11H13NO2/c13-9-3-1-2-8(6-9)7-11(14)10-4-5-12-10/h1-3,6,10,12-13H,4-5,7H2. The van der Waals surface area contributed by atoms with Crippen LogP contribution in [-0.4, -0.2) is 23.5 Å². The summed E-state index contributed by atoms with van der Waals surface area (Å²) < 4.78 is 0. The third-order valence-corrected chi connectivity index (χ3v) is 2.50. The second-order valence-electron chi connectivity index (χ2n) is 3.61. The molecule has 0 saturated carbocycles. The predicted octanol–water partition coefficient (Wildman–Crippen LogP) is 0.866. The van der Waals surface area contributed by atoms with Crippen molar-refractivity contribution in [1.29, 1.82) is 0 Å². The van der Waals surface area contributed by atoms with E-state index in [1.807, 2.05) is 6.07 Å². The largest absolute Gasteiger partial charge is 0.508 e. The molecular weight excluding hydrogens is 178 g/mol. The summed E-state index contributed by atoms with van der Waals surface area (Å²) in [6, 6.07) is 6.89. The van der Waals surface area contributed by atoms with Gasteiger partial charge in [-0.2, -0.15) is 0 Å². The zero-order valence-electron chi connectivity index (χ0n) is 7.86. The number of phenolic OH excluding ortho intramolecular Hbond substituents is 1. The molecule has 1 saturated heterocycles. The molecule has 0 radical (unpaired) electrons. The molecule has 0 aromatic heterocycles. The van der Waals surface area contributed by atoms with Crippen molar-refractivity contribution in [2.75, 3.05) is 6.54 Å². The van der Waals surface area contributed by atoms with Crippen LogP contribution in [0.15, 0.2) is 24.3 Å². The van der Waals surface area contributed by atoms with Gasteiger partial charge in [0, 0.05) is 6.42 Å². The molecule has 1 aliphatic heterocycles. The van der Waals surface area contributed by atoms with Crippen LogP contribution >= 0.6 is 0 Å². The fourth-order valence-corrected chi connectivity index (χ4v) is 1.55. The molecule has 3 nitrogen and oxygen atoms in total. The second kappa shape index (κ2) is 3.80. The van der Waals surface area contributed by atoms with E-state index in [0.29, 0.717) is 6.42 Å². The van der Waals surface area contributed by atoms with Crippen LogP contribution in [0.3, 0.4) is 0 Å². The smallest absolute Gasteiger partial charge is 0.154 e. The first kappa shape index (κ1) is 9.21. The molecule has 1 unspecified atom stereocenters. The van der Waals surface area contributed by atoms with Gasteiger partial charge in [0.2, 0.25) is 0 Å². The quantitative estimate of drug-likeness (QED) is 0.745. The summed E-state index contributed by atoms with van der Waals surface area (Å²) >= 11 is 0. The van der Waals surface area contributed by atoms with E-state index in [-0.39, 0.29) is 17.6 Å². The van der Waals surface area contributed by atoms with Crippen LogP contribution in [0.5, 0.6) is 5.75 Å². The fourth-order valence-electron chi connectivity index (χ4n) is 1.55. The van der Waals surface area contributed by atoms with Crippen LogP contribution in [0.25, 0.3) is 0 Å². The van der Waals surface area contributed by atoms with E-state index < -0.39 is 0 Å². The molecule has 0 aliphatic carbocycles. The Morgan fingerprint density at radius 2 is 2.36 bits per heavy atom. The monoisotopic (exact) mass is 191 g/mol. The Morgan fingerprint density at radius 3 is 2.93 bits per heavy atom. The number of benzene rings is 1. The maximum Gasteiger partial charge on any atom is 0.154 e. The predicted molar refractivity (Wildman–Crippen MR) is 53.2 cm³/mol. The number of nitrogens with one attached hydrogen (secondary N) is 1. The van der Waals surface area contributed by atoms with E-state index in [1.54, 1.807) is 18.2 Å². The topological polar surface area (TPSA) is 49.3 Å². The Hall–Kier alpha value is -1.35. The van der Waals surface area contributed by atoms with Crippen LogP contribution in [-0.2, 0) is 11.2 Å². The lowest BCUT2D eigenvalue weighted by Crippen LogP contribution is -2.49. The highest BCUT2D eigenvalue weighted by atomic mass is 16.3. The molecule has 2 rings (SSSR count). The number of aromatic hydroxyl groups is 1. The maximum atomic E-state index is 11.6. The van der Waals surface area contributed by atoms with Gasteiger partial charge in [-0.05, 0) is 30.7 Å².